The van der Waals surface area contributed by atoms with Gasteiger partial charge in [0, 0.05) is 17.8 Å². The largest absolute Gasteiger partial charge is 0.477 e. The SMILES string of the molecule is CC(=O)c1ccc(OCC(C)C)nc1. The molecule has 0 aliphatic carbocycles. The van der Waals surface area contributed by atoms with Crippen LogP contribution in [-0.2, 0) is 0 Å². The van der Waals surface area contributed by atoms with Gasteiger partial charge in [-0.15, -0.1) is 0 Å². The van der Waals surface area contributed by atoms with E-state index in [1.54, 1.807) is 12.1 Å². The average Bonchev–Trinajstić information content (AvgIpc) is 2.15. The molecule has 0 spiro atoms. The molecule has 0 aliphatic heterocycles. The Balaban J connectivity index is 2.60. The second-order valence-corrected chi connectivity index (χ2v) is 3.65. The number of Topliss-reactive ketones (excluding diaryl/α,β-unsaturated/α-hetero) is 1. The molecule has 0 atom stereocenters. The molecule has 3 nitrogen and oxygen atoms in total. The Bertz CT molecular complexity index is 304. The lowest BCUT2D eigenvalue weighted by atomic mass is 10.2. The Kier molecular flexibility index (Phi) is 3.63. The average molecular weight is 193 g/mol. The third kappa shape index (κ3) is 3.17. The van der Waals surface area contributed by atoms with Crippen LogP contribution < -0.4 is 4.74 Å². The summed E-state index contributed by atoms with van der Waals surface area (Å²) in [6.45, 7) is 6.31. The summed E-state index contributed by atoms with van der Waals surface area (Å²) in [5, 5.41) is 0. The van der Waals surface area contributed by atoms with Gasteiger partial charge in [0.15, 0.2) is 5.78 Å². The van der Waals surface area contributed by atoms with E-state index >= 15 is 0 Å². The zero-order valence-corrected chi connectivity index (χ0v) is 8.78. The molecular formula is C11H15NO2. The first-order valence-electron chi connectivity index (χ1n) is 4.69. The lowest BCUT2D eigenvalue weighted by Crippen LogP contribution is -2.05. The van der Waals surface area contributed by atoms with Crippen LogP contribution in [0.15, 0.2) is 18.3 Å². The molecule has 0 bridgehead atoms. The first kappa shape index (κ1) is 10.7. The van der Waals surface area contributed by atoms with E-state index in [0.29, 0.717) is 24.0 Å². The molecule has 0 amide bonds. The Morgan fingerprint density at radius 2 is 2.21 bits per heavy atom. The number of pyridine rings is 1. The monoisotopic (exact) mass is 193 g/mol. The van der Waals surface area contributed by atoms with Crippen molar-refractivity contribution in [1.82, 2.24) is 4.98 Å². The number of hydrogen-bond acceptors (Lipinski definition) is 3. The summed E-state index contributed by atoms with van der Waals surface area (Å²) in [4.78, 5) is 15.0. The van der Waals surface area contributed by atoms with Gasteiger partial charge in [0.25, 0.3) is 0 Å². The van der Waals surface area contributed by atoms with Crippen LogP contribution in [-0.4, -0.2) is 17.4 Å². The minimum atomic E-state index is 0.0212. The summed E-state index contributed by atoms with van der Waals surface area (Å²) >= 11 is 0. The fourth-order valence-electron chi connectivity index (χ4n) is 0.926. The third-order valence-corrected chi connectivity index (χ3v) is 1.71. The maximum atomic E-state index is 10.9. The number of carbonyl (C=O) groups is 1. The van der Waals surface area contributed by atoms with E-state index < -0.39 is 0 Å². The lowest BCUT2D eigenvalue weighted by molar-refractivity contribution is 0.101. The number of ketones is 1. The molecule has 3 heteroatoms. The molecule has 0 radical (unpaired) electrons. The van der Waals surface area contributed by atoms with Crippen molar-refractivity contribution in [2.24, 2.45) is 5.92 Å². The molecule has 1 aromatic heterocycles. The Morgan fingerprint density at radius 3 is 2.64 bits per heavy atom. The van der Waals surface area contributed by atoms with Crippen molar-refractivity contribution < 1.29 is 9.53 Å². The van der Waals surface area contributed by atoms with E-state index in [1.807, 2.05) is 0 Å². The molecule has 0 saturated heterocycles. The molecule has 0 saturated carbocycles. The van der Waals surface area contributed by atoms with E-state index in [2.05, 4.69) is 18.8 Å². The van der Waals surface area contributed by atoms with Crippen LogP contribution in [0.3, 0.4) is 0 Å². The van der Waals surface area contributed by atoms with Gasteiger partial charge >= 0.3 is 0 Å². The fourth-order valence-corrected chi connectivity index (χ4v) is 0.926. The minimum absolute atomic E-state index is 0.0212. The van der Waals surface area contributed by atoms with Gasteiger partial charge in [-0.25, -0.2) is 4.98 Å². The predicted octanol–water partition coefficient (Wildman–Crippen LogP) is 2.32. The molecular weight excluding hydrogens is 178 g/mol. The number of nitrogens with zero attached hydrogens (tertiary/aromatic N) is 1. The van der Waals surface area contributed by atoms with Gasteiger partial charge in [-0.05, 0) is 18.9 Å². The summed E-state index contributed by atoms with van der Waals surface area (Å²) in [7, 11) is 0. The highest BCUT2D eigenvalue weighted by molar-refractivity contribution is 5.93. The highest BCUT2D eigenvalue weighted by atomic mass is 16.5. The van der Waals surface area contributed by atoms with Crippen molar-refractivity contribution in [3.05, 3.63) is 23.9 Å². The van der Waals surface area contributed by atoms with Crippen LogP contribution in [0.25, 0.3) is 0 Å². The molecule has 14 heavy (non-hydrogen) atoms. The first-order chi connectivity index (χ1) is 6.59. The van der Waals surface area contributed by atoms with Crippen LogP contribution in [0.2, 0.25) is 0 Å². The summed E-state index contributed by atoms with van der Waals surface area (Å²) in [6, 6.07) is 3.45. The van der Waals surface area contributed by atoms with Gasteiger partial charge in [0.2, 0.25) is 5.88 Å². The van der Waals surface area contributed by atoms with E-state index in [9.17, 15) is 4.79 Å². The summed E-state index contributed by atoms with van der Waals surface area (Å²) < 4.78 is 5.38. The van der Waals surface area contributed by atoms with Gasteiger partial charge < -0.3 is 4.74 Å². The van der Waals surface area contributed by atoms with Crippen molar-refractivity contribution in [1.29, 1.82) is 0 Å². The van der Waals surface area contributed by atoms with Crippen LogP contribution in [0.4, 0.5) is 0 Å². The van der Waals surface area contributed by atoms with E-state index in [0.717, 1.165) is 0 Å². The van der Waals surface area contributed by atoms with Crippen molar-refractivity contribution in [3.8, 4) is 5.88 Å². The lowest BCUT2D eigenvalue weighted by Gasteiger charge is -2.07. The number of carbonyl (C=O) groups excluding carboxylic acids is 1. The van der Waals surface area contributed by atoms with Crippen molar-refractivity contribution in [2.75, 3.05) is 6.61 Å². The molecule has 0 fully saturated rings. The second-order valence-electron chi connectivity index (χ2n) is 3.65. The zero-order valence-electron chi connectivity index (χ0n) is 8.78. The smallest absolute Gasteiger partial charge is 0.213 e. The second kappa shape index (κ2) is 4.74. The molecule has 0 unspecified atom stereocenters. The van der Waals surface area contributed by atoms with Crippen molar-refractivity contribution >= 4 is 5.78 Å². The Hall–Kier alpha value is -1.38. The van der Waals surface area contributed by atoms with Gasteiger partial charge in [0.05, 0.1) is 6.61 Å². The fraction of sp³-hybridized carbons (Fsp3) is 0.455. The Labute approximate surface area is 84.1 Å². The molecule has 0 N–H and O–H groups in total. The predicted molar refractivity (Wildman–Crippen MR) is 54.6 cm³/mol. The maximum absolute atomic E-state index is 10.9. The normalized spacial score (nSPS) is 10.3. The summed E-state index contributed by atoms with van der Waals surface area (Å²) in [6.07, 6.45) is 1.54. The van der Waals surface area contributed by atoms with Crippen LogP contribution >= 0.6 is 0 Å². The molecule has 1 rings (SSSR count). The number of rotatable bonds is 4. The molecule has 1 heterocycles. The standard InChI is InChI=1S/C11H15NO2/c1-8(2)7-14-11-5-4-10(6-12-11)9(3)13/h4-6,8H,7H2,1-3H3. The Morgan fingerprint density at radius 1 is 1.50 bits per heavy atom. The molecule has 1 aromatic rings. The molecule has 76 valence electrons. The minimum Gasteiger partial charge on any atom is -0.477 e. The molecule has 0 aliphatic rings. The highest BCUT2D eigenvalue weighted by Crippen LogP contribution is 2.09. The summed E-state index contributed by atoms with van der Waals surface area (Å²) in [5.41, 5.74) is 0.613. The van der Waals surface area contributed by atoms with Crippen molar-refractivity contribution in [2.45, 2.75) is 20.8 Å². The molecule has 0 aromatic carbocycles. The summed E-state index contributed by atoms with van der Waals surface area (Å²) in [5.74, 6) is 1.07. The van der Waals surface area contributed by atoms with Gasteiger partial charge in [0.1, 0.15) is 0 Å². The topological polar surface area (TPSA) is 39.2 Å². The van der Waals surface area contributed by atoms with Gasteiger partial charge in [-0.2, -0.15) is 0 Å². The van der Waals surface area contributed by atoms with Gasteiger partial charge in [-0.3, -0.25) is 4.79 Å². The van der Waals surface area contributed by atoms with E-state index in [4.69, 9.17) is 4.74 Å². The third-order valence-electron chi connectivity index (χ3n) is 1.71. The number of aromatic nitrogens is 1. The van der Waals surface area contributed by atoms with Crippen molar-refractivity contribution in [3.63, 3.8) is 0 Å². The maximum Gasteiger partial charge on any atom is 0.213 e. The van der Waals surface area contributed by atoms with E-state index in [-0.39, 0.29) is 5.78 Å². The van der Waals surface area contributed by atoms with Crippen LogP contribution in [0, 0.1) is 5.92 Å². The number of hydrogen-bond donors (Lipinski definition) is 0. The zero-order chi connectivity index (χ0) is 10.6. The first-order valence-corrected chi connectivity index (χ1v) is 4.69. The van der Waals surface area contributed by atoms with Gasteiger partial charge in [-0.1, -0.05) is 13.8 Å². The van der Waals surface area contributed by atoms with E-state index in [1.165, 1.54) is 13.1 Å². The van der Waals surface area contributed by atoms with Crippen LogP contribution in [0.1, 0.15) is 31.1 Å². The quantitative estimate of drug-likeness (QED) is 0.689. The van der Waals surface area contributed by atoms with Crippen LogP contribution in [0.5, 0.6) is 5.88 Å². The highest BCUT2D eigenvalue weighted by Gasteiger charge is 2.01. The number of ether oxygens (including phenoxy) is 1.